The number of hydrogen-bond donors (Lipinski definition) is 1. The topological polar surface area (TPSA) is 144 Å². The molecule has 0 bridgehead atoms. The Hall–Kier alpha value is -2.64. The third-order valence-corrected chi connectivity index (χ3v) is 9.53. The van der Waals surface area contributed by atoms with E-state index in [1.807, 2.05) is 0 Å². The van der Waals surface area contributed by atoms with Crippen LogP contribution in [0.5, 0.6) is 0 Å². The number of morpholine rings is 1. The molecule has 0 radical (unpaired) electrons. The van der Waals surface area contributed by atoms with Gasteiger partial charge in [-0.05, 0) is 38.5 Å². The maximum atomic E-state index is 12.7. The normalized spacial score (nSPS) is 22.3. The quantitative estimate of drug-likeness (QED) is 0.572. The van der Waals surface area contributed by atoms with Crippen LogP contribution in [0.25, 0.3) is 11.4 Å². The second-order valence-corrected chi connectivity index (χ2v) is 11.9. The van der Waals surface area contributed by atoms with Crippen molar-refractivity contribution in [2.24, 2.45) is 0 Å². The number of sulfonamides is 1. The lowest BCUT2D eigenvalue weighted by Crippen LogP contribution is -2.49. The SMILES string of the molecule is Nc1ncc(-c2nc(N3CCOCC3)nc(N(C3CC3)C3CCN(S(=O)(=O)C4CC4)CC3)n2)cn1. The summed E-state index contributed by atoms with van der Waals surface area (Å²) in [4.78, 5) is 27.2. The molecule has 13 heteroatoms. The zero-order valence-corrected chi connectivity index (χ0v) is 20.5. The molecule has 4 heterocycles. The highest BCUT2D eigenvalue weighted by Crippen LogP contribution is 2.38. The average molecular weight is 502 g/mol. The van der Waals surface area contributed by atoms with Gasteiger partial charge in [-0.2, -0.15) is 15.0 Å². The predicted molar refractivity (Wildman–Crippen MR) is 130 cm³/mol. The van der Waals surface area contributed by atoms with E-state index in [1.54, 1.807) is 16.7 Å². The summed E-state index contributed by atoms with van der Waals surface area (Å²) in [5, 5.41) is -0.164. The van der Waals surface area contributed by atoms with Gasteiger partial charge in [-0.1, -0.05) is 0 Å². The Morgan fingerprint density at radius 2 is 1.54 bits per heavy atom. The van der Waals surface area contributed by atoms with Gasteiger partial charge in [-0.15, -0.1) is 0 Å². The molecule has 2 saturated heterocycles. The minimum Gasteiger partial charge on any atom is -0.378 e. The minimum atomic E-state index is -3.14. The fourth-order valence-corrected chi connectivity index (χ4v) is 6.76. The van der Waals surface area contributed by atoms with Crippen molar-refractivity contribution in [3.05, 3.63) is 12.4 Å². The van der Waals surface area contributed by atoms with Crippen LogP contribution in [0.1, 0.15) is 38.5 Å². The van der Waals surface area contributed by atoms with Crippen molar-refractivity contribution < 1.29 is 13.2 Å². The first-order chi connectivity index (χ1) is 17.0. The summed E-state index contributed by atoms with van der Waals surface area (Å²) in [6, 6.07) is 0.547. The molecule has 0 spiro atoms. The maximum absolute atomic E-state index is 12.7. The van der Waals surface area contributed by atoms with Crippen molar-refractivity contribution in [1.82, 2.24) is 29.2 Å². The van der Waals surface area contributed by atoms with E-state index in [0.29, 0.717) is 68.7 Å². The van der Waals surface area contributed by atoms with Gasteiger partial charge < -0.3 is 20.3 Å². The van der Waals surface area contributed by atoms with Crippen LogP contribution in [0.15, 0.2) is 12.4 Å². The summed E-state index contributed by atoms with van der Waals surface area (Å²) in [7, 11) is -3.14. The van der Waals surface area contributed by atoms with Crippen molar-refractivity contribution in [2.75, 3.05) is 54.9 Å². The molecule has 4 fully saturated rings. The number of piperidine rings is 1. The maximum Gasteiger partial charge on any atom is 0.231 e. The van der Waals surface area contributed by atoms with Crippen LogP contribution in [-0.4, -0.2) is 94.4 Å². The smallest absolute Gasteiger partial charge is 0.231 e. The molecule has 4 aliphatic rings. The standard InChI is InChI=1S/C22H31N9O3S/c23-20-24-13-15(14-25-20)19-26-21(29-9-11-34-12-10-29)28-22(27-19)31(16-1-2-16)17-5-7-30(8-6-17)35(32,33)18-3-4-18/h13-14,16-18H,1-12H2,(H2,23,24,25). The number of nitrogens with two attached hydrogens (primary N) is 1. The second kappa shape index (κ2) is 9.10. The van der Waals surface area contributed by atoms with Gasteiger partial charge in [0.05, 0.1) is 24.0 Å². The van der Waals surface area contributed by atoms with Crippen molar-refractivity contribution in [3.8, 4) is 11.4 Å². The number of aromatic nitrogens is 5. The Morgan fingerprint density at radius 3 is 2.17 bits per heavy atom. The van der Waals surface area contributed by atoms with Gasteiger partial charge in [-0.3, -0.25) is 0 Å². The van der Waals surface area contributed by atoms with Crippen LogP contribution in [0.4, 0.5) is 17.8 Å². The Kier molecular flexibility index (Phi) is 5.93. The van der Waals surface area contributed by atoms with Gasteiger partial charge in [0.2, 0.25) is 27.9 Å². The molecular formula is C22H31N9O3S. The Labute approximate surface area is 205 Å². The lowest BCUT2D eigenvalue weighted by atomic mass is 10.0. The molecule has 35 heavy (non-hydrogen) atoms. The largest absolute Gasteiger partial charge is 0.378 e. The minimum absolute atomic E-state index is 0.164. The highest BCUT2D eigenvalue weighted by molar-refractivity contribution is 7.90. The zero-order chi connectivity index (χ0) is 24.0. The number of anilines is 3. The van der Waals surface area contributed by atoms with Gasteiger partial charge >= 0.3 is 0 Å². The van der Waals surface area contributed by atoms with Gasteiger partial charge in [0.1, 0.15) is 0 Å². The lowest BCUT2D eigenvalue weighted by Gasteiger charge is -2.38. The molecule has 0 amide bonds. The van der Waals surface area contributed by atoms with E-state index in [-0.39, 0.29) is 17.2 Å². The molecular weight excluding hydrogens is 470 g/mol. The third kappa shape index (κ3) is 4.76. The summed E-state index contributed by atoms with van der Waals surface area (Å²) in [6.45, 7) is 3.77. The van der Waals surface area contributed by atoms with Crippen LogP contribution in [-0.2, 0) is 14.8 Å². The average Bonchev–Trinajstić information content (AvgIpc) is 3.79. The first kappa shape index (κ1) is 22.8. The van der Waals surface area contributed by atoms with E-state index in [2.05, 4.69) is 19.8 Å². The number of nitrogens with zero attached hydrogens (tertiary/aromatic N) is 8. The molecule has 188 valence electrons. The van der Waals surface area contributed by atoms with E-state index >= 15 is 0 Å². The molecule has 2 aliphatic heterocycles. The van der Waals surface area contributed by atoms with Crippen molar-refractivity contribution in [2.45, 2.75) is 55.9 Å². The monoisotopic (exact) mass is 501 g/mol. The van der Waals surface area contributed by atoms with E-state index in [4.69, 9.17) is 25.4 Å². The van der Waals surface area contributed by atoms with Gasteiger partial charge in [0.15, 0.2) is 5.82 Å². The summed E-state index contributed by atoms with van der Waals surface area (Å²) < 4.78 is 32.7. The fraction of sp³-hybridized carbons (Fsp3) is 0.682. The fourth-order valence-electron chi connectivity index (χ4n) is 4.89. The highest BCUT2D eigenvalue weighted by Gasteiger charge is 2.43. The Bertz CT molecular complexity index is 1160. The molecule has 2 aromatic heterocycles. The molecule has 0 unspecified atom stereocenters. The molecule has 0 atom stereocenters. The molecule has 12 nitrogen and oxygen atoms in total. The Balaban J connectivity index is 1.31. The van der Waals surface area contributed by atoms with Crippen LogP contribution in [0.2, 0.25) is 0 Å². The molecule has 2 N–H and O–H groups in total. The molecule has 0 aromatic carbocycles. The van der Waals surface area contributed by atoms with Crippen molar-refractivity contribution >= 4 is 27.9 Å². The lowest BCUT2D eigenvalue weighted by molar-refractivity contribution is 0.122. The molecule has 6 rings (SSSR count). The number of ether oxygens (including phenoxy) is 1. The summed E-state index contributed by atoms with van der Waals surface area (Å²) in [5.41, 5.74) is 6.37. The van der Waals surface area contributed by atoms with E-state index < -0.39 is 10.0 Å². The summed E-state index contributed by atoms with van der Waals surface area (Å²) in [5.74, 6) is 1.96. The van der Waals surface area contributed by atoms with E-state index in [9.17, 15) is 8.42 Å². The number of nitrogen functional groups attached to an aromatic ring is 1. The summed E-state index contributed by atoms with van der Waals surface area (Å²) in [6.07, 6.45) is 8.55. The van der Waals surface area contributed by atoms with Crippen LogP contribution in [0.3, 0.4) is 0 Å². The summed E-state index contributed by atoms with van der Waals surface area (Å²) >= 11 is 0. The van der Waals surface area contributed by atoms with Gasteiger partial charge in [0.25, 0.3) is 0 Å². The van der Waals surface area contributed by atoms with Crippen LogP contribution >= 0.6 is 0 Å². The van der Waals surface area contributed by atoms with E-state index in [1.165, 1.54) is 0 Å². The Morgan fingerprint density at radius 1 is 0.886 bits per heavy atom. The zero-order valence-electron chi connectivity index (χ0n) is 19.7. The number of rotatable bonds is 7. The van der Waals surface area contributed by atoms with Crippen LogP contribution < -0.4 is 15.5 Å². The molecule has 2 aromatic rings. The molecule has 2 aliphatic carbocycles. The number of hydrogen-bond acceptors (Lipinski definition) is 11. The first-order valence-electron chi connectivity index (χ1n) is 12.4. The van der Waals surface area contributed by atoms with Crippen molar-refractivity contribution in [1.29, 1.82) is 0 Å². The molecule has 2 saturated carbocycles. The van der Waals surface area contributed by atoms with Gasteiger partial charge in [-0.25, -0.2) is 22.7 Å². The first-order valence-corrected chi connectivity index (χ1v) is 13.9. The van der Waals surface area contributed by atoms with Crippen molar-refractivity contribution in [3.63, 3.8) is 0 Å². The van der Waals surface area contributed by atoms with E-state index in [0.717, 1.165) is 38.5 Å². The highest BCUT2D eigenvalue weighted by atomic mass is 32.2. The third-order valence-electron chi connectivity index (χ3n) is 7.13. The predicted octanol–water partition coefficient (Wildman–Crippen LogP) is 0.673. The van der Waals surface area contributed by atoms with Gasteiger partial charge in [0, 0.05) is 50.7 Å². The van der Waals surface area contributed by atoms with Crippen LogP contribution in [0, 0.1) is 0 Å². The second-order valence-electron chi connectivity index (χ2n) is 9.70.